The Kier molecular flexibility index (Phi) is 3.25. The number of hydrogen-bond donors (Lipinski definition) is 2. The molecule has 0 aromatic carbocycles. The first-order chi connectivity index (χ1) is 4.52. The molecule has 3 heteroatoms. The largest absolute Gasteiger partial charge is 0.314 e. The summed E-state index contributed by atoms with van der Waals surface area (Å²) in [4.78, 5) is 4.08. The molecule has 0 atom stereocenters. The van der Waals surface area contributed by atoms with E-state index in [-0.39, 0.29) is 0 Å². The molecule has 0 amide bonds. The Morgan fingerprint density at radius 1 is 1.70 bits per heavy atom. The molecule has 0 aliphatic rings. The predicted octanol–water partition coefficient (Wildman–Crippen LogP) is 1.35. The van der Waals surface area contributed by atoms with Gasteiger partial charge in [0.15, 0.2) is 0 Å². The number of hydrogen-bond acceptors (Lipinski definition) is 3. The fraction of sp³-hybridized carbons (Fsp3) is 0.571. The third-order valence-corrected chi connectivity index (χ3v) is 1.02. The number of rotatable bonds is 3. The summed E-state index contributed by atoms with van der Waals surface area (Å²) in [6.45, 7) is 8.89. The maximum absolute atomic E-state index is 8.55. The monoisotopic (exact) mass is 142 g/mol. The normalized spacial score (nSPS) is 13.4. The summed E-state index contributed by atoms with van der Waals surface area (Å²) in [5.41, 5.74) is 2.26. The standard InChI is InChI=1S/C7H14N2O/c1-5-6(2)8-7(3,4)9-10/h5,9-10H,1H2,2-4H3/b8-6-. The minimum atomic E-state index is -0.613. The van der Waals surface area contributed by atoms with Gasteiger partial charge in [-0.3, -0.25) is 4.99 Å². The summed E-state index contributed by atoms with van der Waals surface area (Å²) in [6.07, 6.45) is 1.64. The molecule has 0 unspecified atom stereocenters. The van der Waals surface area contributed by atoms with Crippen molar-refractivity contribution >= 4 is 5.71 Å². The van der Waals surface area contributed by atoms with Gasteiger partial charge in [0.2, 0.25) is 0 Å². The topological polar surface area (TPSA) is 44.6 Å². The van der Waals surface area contributed by atoms with Crippen molar-refractivity contribution < 1.29 is 5.21 Å². The zero-order chi connectivity index (χ0) is 8.20. The van der Waals surface area contributed by atoms with Crippen molar-refractivity contribution in [3.63, 3.8) is 0 Å². The van der Waals surface area contributed by atoms with Crippen LogP contribution in [0.15, 0.2) is 17.6 Å². The van der Waals surface area contributed by atoms with Crippen molar-refractivity contribution in [3.8, 4) is 0 Å². The van der Waals surface area contributed by atoms with Crippen molar-refractivity contribution in [2.45, 2.75) is 26.4 Å². The van der Waals surface area contributed by atoms with Crippen LogP contribution in [0.3, 0.4) is 0 Å². The Morgan fingerprint density at radius 2 is 2.20 bits per heavy atom. The minimum Gasteiger partial charge on any atom is -0.314 e. The number of hydroxylamine groups is 1. The molecule has 0 aliphatic heterocycles. The summed E-state index contributed by atoms with van der Waals surface area (Å²) in [5, 5.41) is 8.55. The summed E-state index contributed by atoms with van der Waals surface area (Å²) in [5.74, 6) is 0. The van der Waals surface area contributed by atoms with E-state index in [1.165, 1.54) is 0 Å². The van der Waals surface area contributed by atoms with Crippen molar-refractivity contribution in [2.24, 2.45) is 4.99 Å². The molecule has 0 radical (unpaired) electrons. The van der Waals surface area contributed by atoms with Crippen LogP contribution in [0.2, 0.25) is 0 Å². The van der Waals surface area contributed by atoms with Gasteiger partial charge in [-0.2, -0.15) is 5.48 Å². The highest BCUT2D eigenvalue weighted by molar-refractivity contribution is 5.92. The van der Waals surface area contributed by atoms with Crippen LogP contribution in [0.1, 0.15) is 20.8 Å². The zero-order valence-corrected chi connectivity index (χ0v) is 6.68. The number of aliphatic imine (C=N–C) groups is 1. The van der Waals surface area contributed by atoms with Gasteiger partial charge in [-0.1, -0.05) is 6.58 Å². The van der Waals surface area contributed by atoms with Crippen molar-refractivity contribution in [2.75, 3.05) is 0 Å². The molecule has 0 aromatic heterocycles. The van der Waals surface area contributed by atoms with Crippen molar-refractivity contribution in [1.29, 1.82) is 0 Å². The Hall–Kier alpha value is -0.670. The molecule has 0 aromatic rings. The van der Waals surface area contributed by atoms with Gasteiger partial charge < -0.3 is 5.21 Å². The van der Waals surface area contributed by atoms with Gasteiger partial charge in [-0.05, 0) is 26.8 Å². The molecule has 0 aliphatic carbocycles. The van der Waals surface area contributed by atoms with Crippen LogP contribution in [-0.4, -0.2) is 16.6 Å². The van der Waals surface area contributed by atoms with Gasteiger partial charge in [-0.25, -0.2) is 0 Å². The second kappa shape index (κ2) is 3.49. The molecule has 0 saturated carbocycles. The summed E-state index contributed by atoms with van der Waals surface area (Å²) in [6, 6.07) is 0. The van der Waals surface area contributed by atoms with E-state index in [0.29, 0.717) is 0 Å². The summed E-state index contributed by atoms with van der Waals surface area (Å²) in [7, 11) is 0. The Bertz CT molecular complexity index is 150. The highest BCUT2D eigenvalue weighted by Crippen LogP contribution is 2.02. The molecular weight excluding hydrogens is 128 g/mol. The van der Waals surface area contributed by atoms with E-state index in [1.807, 2.05) is 6.92 Å². The smallest absolute Gasteiger partial charge is 0.127 e. The van der Waals surface area contributed by atoms with Crippen LogP contribution < -0.4 is 5.48 Å². The Morgan fingerprint density at radius 3 is 2.50 bits per heavy atom. The van der Waals surface area contributed by atoms with Crippen LogP contribution in [-0.2, 0) is 0 Å². The average Bonchev–Trinajstić information content (AvgIpc) is 1.87. The van der Waals surface area contributed by atoms with Crippen LogP contribution in [0.4, 0.5) is 0 Å². The summed E-state index contributed by atoms with van der Waals surface area (Å²) >= 11 is 0. The third kappa shape index (κ3) is 3.37. The van der Waals surface area contributed by atoms with Gasteiger partial charge in [0.25, 0.3) is 0 Å². The van der Waals surface area contributed by atoms with E-state index in [4.69, 9.17) is 5.21 Å². The van der Waals surface area contributed by atoms with Gasteiger partial charge in [0.1, 0.15) is 5.66 Å². The van der Waals surface area contributed by atoms with E-state index in [2.05, 4.69) is 17.1 Å². The van der Waals surface area contributed by atoms with E-state index < -0.39 is 5.66 Å². The maximum Gasteiger partial charge on any atom is 0.127 e. The molecule has 10 heavy (non-hydrogen) atoms. The second-order valence-corrected chi connectivity index (χ2v) is 2.63. The van der Waals surface area contributed by atoms with Gasteiger partial charge in [0.05, 0.1) is 0 Å². The molecule has 0 fully saturated rings. The van der Waals surface area contributed by atoms with E-state index in [0.717, 1.165) is 5.71 Å². The first kappa shape index (κ1) is 9.33. The first-order valence-electron chi connectivity index (χ1n) is 3.12. The zero-order valence-electron chi connectivity index (χ0n) is 6.68. The van der Waals surface area contributed by atoms with E-state index in [9.17, 15) is 0 Å². The maximum atomic E-state index is 8.55. The van der Waals surface area contributed by atoms with E-state index >= 15 is 0 Å². The summed E-state index contributed by atoms with van der Waals surface area (Å²) < 4.78 is 0. The molecule has 0 saturated heterocycles. The predicted molar refractivity (Wildman–Crippen MR) is 42.3 cm³/mol. The van der Waals surface area contributed by atoms with Gasteiger partial charge in [-0.15, -0.1) is 0 Å². The molecule has 3 nitrogen and oxygen atoms in total. The Labute approximate surface area is 61.4 Å². The molecule has 0 rings (SSSR count). The quantitative estimate of drug-likeness (QED) is 0.461. The van der Waals surface area contributed by atoms with Crippen molar-refractivity contribution in [1.82, 2.24) is 5.48 Å². The van der Waals surface area contributed by atoms with Crippen molar-refractivity contribution in [3.05, 3.63) is 12.7 Å². The lowest BCUT2D eigenvalue weighted by molar-refractivity contribution is 0.0867. The number of nitrogens with one attached hydrogen (secondary N) is 1. The van der Waals surface area contributed by atoms with Gasteiger partial charge >= 0.3 is 0 Å². The third-order valence-electron chi connectivity index (χ3n) is 1.02. The fourth-order valence-corrected chi connectivity index (χ4v) is 0.512. The van der Waals surface area contributed by atoms with E-state index in [1.54, 1.807) is 19.9 Å². The average molecular weight is 142 g/mol. The number of nitrogens with zero attached hydrogens (tertiary/aromatic N) is 1. The SMILES string of the molecule is C=C/C(C)=N\C(C)(C)NO. The second-order valence-electron chi connectivity index (χ2n) is 2.63. The highest BCUT2D eigenvalue weighted by atomic mass is 16.5. The minimum absolute atomic E-state index is 0.613. The van der Waals surface area contributed by atoms with Crippen LogP contribution in [0.25, 0.3) is 0 Å². The molecule has 58 valence electrons. The van der Waals surface area contributed by atoms with Gasteiger partial charge in [0, 0.05) is 5.71 Å². The highest BCUT2D eigenvalue weighted by Gasteiger charge is 2.12. The molecule has 0 bridgehead atoms. The van der Waals surface area contributed by atoms with Crippen LogP contribution >= 0.6 is 0 Å². The fourth-order valence-electron chi connectivity index (χ4n) is 0.512. The molecule has 0 heterocycles. The number of allylic oxidation sites excluding steroid dienone is 1. The van der Waals surface area contributed by atoms with Crippen LogP contribution in [0, 0.1) is 0 Å². The first-order valence-corrected chi connectivity index (χ1v) is 3.12. The van der Waals surface area contributed by atoms with Crippen LogP contribution in [0.5, 0.6) is 0 Å². The molecular formula is C7H14N2O. The Balaban J connectivity index is 4.22. The lowest BCUT2D eigenvalue weighted by Crippen LogP contribution is -2.35. The lowest BCUT2D eigenvalue weighted by atomic mass is 10.2. The molecule has 0 spiro atoms. The molecule has 2 N–H and O–H groups in total. The lowest BCUT2D eigenvalue weighted by Gasteiger charge is -2.17.